The van der Waals surface area contributed by atoms with Gasteiger partial charge in [0.05, 0.1) is 0 Å². The van der Waals surface area contributed by atoms with E-state index in [9.17, 15) is 0 Å². The second-order valence-corrected chi connectivity index (χ2v) is 6.34. The number of piperidine rings is 1. The molecule has 0 bridgehead atoms. The van der Waals surface area contributed by atoms with Gasteiger partial charge >= 0.3 is 0 Å². The highest BCUT2D eigenvalue weighted by atomic mass is 15.4. The molecule has 118 valence electrons. The second-order valence-electron chi connectivity index (χ2n) is 6.34. The van der Waals surface area contributed by atoms with Crippen LogP contribution in [0.2, 0.25) is 0 Å². The molecule has 6 heteroatoms. The molecule has 21 heavy (non-hydrogen) atoms. The molecule has 0 unspecified atom stereocenters. The molecule has 1 aliphatic rings. The van der Waals surface area contributed by atoms with E-state index in [-0.39, 0.29) is 0 Å². The zero-order chi connectivity index (χ0) is 15.5. The number of nitrogens with zero attached hydrogens (tertiary/aromatic N) is 5. The van der Waals surface area contributed by atoms with Crippen molar-refractivity contribution in [1.29, 1.82) is 0 Å². The van der Waals surface area contributed by atoms with E-state index in [1.807, 2.05) is 25.9 Å². The summed E-state index contributed by atoms with van der Waals surface area (Å²) in [6, 6.07) is 0. The Kier molecular flexibility index (Phi) is 4.85. The molecule has 2 rings (SSSR count). The first kappa shape index (κ1) is 15.8. The van der Waals surface area contributed by atoms with Crippen LogP contribution in [0, 0.1) is 5.41 Å². The van der Waals surface area contributed by atoms with E-state index >= 15 is 0 Å². The van der Waals surface area contributed by atoms with E-state index in [2.05, 4.69) is 39.0 Å². The molecule has 1 fully saturated rings. The molecule has 1 aromatic rings. The molecule has 1 saturated heterocycles. The van der Waals surface area contributed by atoms with Crippen molar-refractivity contribution in [2.45, 2.75) is 40.0 Å². The quantitative estimate of drug-likeness (QED) is 0.899. The molecule has 1 N–H and O–H groups in total. The summed E-state index contributed by atoms with van der Waals surface area (Å²) in [7, 11) is 3.92. The summed E-state index contributed by atoms with van der Waals surface area (Å²) >= 11 is 0. The monoisotopic (exact) mass is 292 g/mol. The van der Waals surface area contributed by atoms with Crippen LogP contribution in [0.1, 0.15) is 40.0 Å². The predicted molar refractivity (Wildman–Crippen MR) is 88.2 cm³/mol. The Balaban J connectivity index is 2.19. The van der Waals surface area contributed by atoms with Gasteiger partial charge in [0.25, 0.3) is 0 Å². The maximum atomic E-state index is 4.60. The Morgan fingerprint density at radius 3 is 2.33 bits per heavy atom. The summed E-state index contributed by atoms with van der Waals surface area (Å²) in [5, 5.41) is 3.19. The molecular weight excluding hydrogens is 264 g/mol. The van der Waals surface area contributed by atoms with E-state index in [0.29, 0.717) is 17.3 Å². The SMILES string of the molecule is CCNc1nc(N(C)C)nc(N2CCC(C)(CC)CC2)n1. The van der Waals surface area contributed by atoms with Crippen LogP contribution in [0.15, 0.2) is 0 Å². The standard InChI is InChI=1S/C15H28N6/c1-6-15(3)8-10-21(11-9-15)14-18-12(16-7-2)17-13(19-14)20(4)5/h6-11H2,1-5H3,(H,16,17,18,19). The van der Waals surface area contributed by atoms with Crippen LogP contribution in [0.25, 0.3) is 0 Å². The van der Waals surface area contributed by atoms with Crippen molar-refractivity contribution in [3.05, 3.63) is 0 Å². The summed E-state index contributed by atoms with van der Waals surface area (Å²) in [5.41, 5.74) is 0.471. The molecule has 0 saturated carbocycles. The zero-order valence-electron chi connectivity index (χ0n) is 14.0. The fourth-order valence-electron chi connectivity index (χ4n) is 2.53. The molecule has 0 spiro atoms. The van der Waals surface area contributed by atoms with Gasteiger partial charge in [0.2, 0.25) is 17.8 Å². The van der Waals surface area contributed by atoms with Gasteiger partial charge in [-0.25, -0.2) is 0 Å². The Hall–Kier alpha value is -1.59. The number of hydrogen-bond donors (Lipinski definition) is 1. The number of hydrogen-bond acceptors (Lipinski definition) is 6. The average Bonchev–Trinajstić information content (AvgIpc) is 2.48. The maximum Gasteiger partial charge on any atom is 0.231 e. The van der Waals surface area contributed by atoms with Crippen LogP contribution in [0.5, 0.6) is 0 Å². The molecule has 0 radical (unpaired) electrons. The Morgan fingerprint density at radius 1 is 1.14 bits per heavy atom. The summed E-state index contributed by atoms with van der Waals surface area (Å²) in [6.45, 7) is 9.56. The highest BCUT2D eigenvalue weighted by Gasteiger charge is 2.29. The zero-order valence-corrected chi connectivity index (χ0v) is 14.0. The minimum Gasteiger partial charge on any atom is -0.354 e. The number of rotatable bonds is 5. The Morgan fingerprint density at radius 2 is 1.81 bits per heavy atom. The summed E-state index contributed by atoms with van der Waals surface area (Å²) in [5.74, 6) is 2.16. The minimum atomic E-state index is 0.471. The first-order valence-corrected chi connectivity index (χ1v) is 7.89. The molecule has 1 aromatic heterocycles. The molecular formula is C15H28N6. The van der Waals surface area contributed by atoms with Gasteiger partial charge in [-0.05, 0) is 25.2 Å². The first-order valence-electron chi connectivity index (χ1n) is 7.89. The predicted octanol–water partition coefficient (Wildman–Crippen LogP) is 2.39. The lowest BCUT2D eigenvalue weighted by molar-refractivity contribution is 0.237. The largest absolute Gasteiger partial charge is 0.354 e. The van der Waals surface area contributed by atoms with Crippen molar-refractivity contribution in [2.75, 3.05) is 48.8 Å². The van der Waals surface area contributed by atoms with Crippen LogP contribution in [0.4, 0.5) is 17.8 Å². The van der Waals surface area contributed by atoms with E-state index in [0.717, 1.165) is 25.6 Å². The third kappa shape index (κ3) is 3.74. The van der Waals surface area contributed by atoms with Crippen LogP contribution in [-0.4, -0.2) is 48.7 Å². The van der Waals surface area contributed by atoms with Crippen molar-refractivity contribution in [3.63, 3.8) is 0 Å². The second kappa shape index (κ2) is 6.45. The van der Waals surface area contributed by atoms with Crippen molar-refractivity contribution in [3.8, 4) is 0 Å². The smallest absolute Gasteiger partial charge is 0.231 e. The maximum absolute atomic E-state index is 4.60. The highest BCUT2D eigenvalue weighted by molar-refractivity contribution is 5.44. The molecule has 0 amide bonds. The fraction of sp³-hybridized carbons (Fsp3) is 0.800. The van der Waals surface area contributed by atoms with Crippen molar-refractivity contribution < 1.29 is 0 Å². The van der Waals surface area contributed by atoms with Crippen molar-refractivity contribution in [1.82, 2.24) is 15.0 Å². The Bertz CT molecular complexity index is 465. The molecule has 1 aliphatic heterocycles. The molecule has 0 aromatic carbocycles. The van der Waals surface area contributed by atoms with Gasteiger partial charge in [-0.3, -0.25) is 0 Å². The van der Waals surface area contributed by atoms with E-state index in [4.69, 9.17) is 0 Å². The lowest BCUT2D eigenvalue weighted by atomic mass is 9.78. The van der Waals surface area contributed by atoms with Crippen LogP contribution >= 0.6 is 0 Å². The lowest BCUT2D eigenvalue weighted by Crippen LogP contribution is -2.39. The highest BCUT2D eigenvalue weighted by Crippen LogP contribution is 2.35. The van der Waals surface area contributed by atoms with E-state index < -0.39 is 0 Å². The fourth-order valence-corrected chi connectivity index (χ4v) is 2.53. The molecule has 0 atom stereocenters. The topological polar surface area (TPSA) is 57.2 Å². The minimum absolute atomic E-state index is 0.471. The normalized spacial score (nSPS) is 17.7. The van der Waals surface area contributed by atoms with E-state index in [1.54, 1.807) is 0 Å². The molecule has 2 heterocycles. The van der Waals surface area contributed by atoms with Crippen LogP contribution in [-0.2, 0) is 0 Å². The third-order valence-corrected chi connectivity index (χ3v) is 4.45. The Labute approximate surface area is 128 Å². The van der Waals surface area contributed by atoms with Gasteiger partial charge in [0, 0.05) is 33.7 Å². The van der Waals surface area contributed by atoms with Crippen molar-refractivity contribution in [2.24, 2.45) is 5.41 Å². The third-order valence-electron chi connectivity index (χ3n) is 4.45. The summed E-state index contributed by atoms with van der Waals surface area (Å²) in [6.07, 6.45) is 3.63. The van der Waals surface area contributed by atoms with Crippen molar-refractivity contribution >= 4 is 17.8 Å². The first-order chi connectivity index (χ1) is 9.97. The van der Waals surface area contributed by atoms with E-state index in [1.165, 1.54) is 19.3 Å². The van der Waals surface area contributed by atoms with Gasteiger partial charge < -0.3 is 15.1 Å². The number of nitrogens with one attached hydrogen (secondary N) is 1. The number of aromatic nitrogens is 3. The lowest BCUT2D eigenvalue weighted by Gasteiger charge is -2.39. The summed E-state index contributed by atoms with van der Waals surface area (Å²) < 4.78 is 0. The summed E-state index contributed by atoms with van der Waals surface area (Å²) in [4.78, 5) is 17.8. The number of anilines is 3. The average molecular weight is 292 g/mol. The molecule has 6 nitrogen and oxygen atoms in total. The van der Waals surface area contributed by atoms with Gasteiger partial charge in [-0.15, -0.1) is 0 Å². The van der Waals surface area contributed by atoms with Crippen LogP contribution < -0.4 is 15.1 Å². The van der Waals surface area contributed by atoms with Gasteiger partial charge in [-0.2, -0.15) is 15.0 Å². The molecule has 0 aliphatic carbocycles. The van der Waals surface area contributed by atoms with Gasteiger partial charge in [0.15, 0.2) is 0 Å². The van der Waals surface area contributed by atoms with Crippen LogP contribution in [0.3, 0.4) is 0 Å². The van der Waals surface area contributed by atoms with Gasteiger partial charge in [0.1, 0.15) is 0 Å². The van der Waals surface area contributed by atoms with Gasteiger partial charge in [-0.1, -0.05) is 20.3 Å².